The topological polar surface area (TPSA) is 82.9 Å². The van der Waals surface area contributed by atoms with Crippen LogP contribution in [0.2, 0.25) is 0 Å². The lowest BCUT2D eigenvalue weighted by atomic mass is 10.2. The van der Waals surface area contributed by atoms with Crippen LogP contribution in [-0.4, -0.2) is 32.4 Å². The second-order valence-corrected chi connectivity index (χ2v) is 4.08. The van der Waals surface area contributed by atoms with E-state index in [1.54, 1.807) is 16.9 Å². The van der Waals surface area contributed by atoms with Gasteiger partial charge in [0.05, 0.1) is 11.3 Å². The van der Waals surface area contributed by atoms with E-state index in [1.807, 2.05) is 19.3 Å². The van der Waals surface area contributed by atoms with Gasteiger partial charge >= 0.3 is 5.97 Å². The summed E-state index contributed by atoms with van der Waals surface area (Å²) in [4.78, 5) is 13.8. The molecule has 0 aliphatic carbocycles. The zero-order valence-corrected chi connectivity index (χ0v) is 10.2. The molecule has 0 saturated heterocycles. The Morgan fingerprint density at radius 1 is 1.56 bits per heavy atom. The minimum atomic E-state index is -0.905. The summed E-state index contributed by atoms with van der Waals surface area (Å²) in [6.07, 6.45) is 4.37. The standard InChI is InChI=1S/C12H16N4O2/c1-16-7-4-9(15-16)2-5-13-8-11-10(12(17)18)3-6-14-11/h3-4,6-7,13-14H,2,5,8H2,1H3,(H,17,18). The Morgan fingerprint density at radius 3 is 3.06 bits per heavy atom. The molecule has 18 heavy (non-hydrogen) atoms. The van der Waals surface area contributed by atoms with Gasteiger partial charge in [-0.25, -0.2) is 4.79 Å². The summed E-state index contributed by atoms with van der Waals surface area (Å²) in [5.74, 6) is -0.905. The van der Waals surface area contributed by atoms with Crippen molar-refractivity contribution in [1.82, 2.24) is 20.1 Å². The molecule has 96 valence electrons. The Balaban J connectivity index is 1.78. The third-order valence-electron chi connectivity index (χ3n) is 2.69. The van der Waals surface area contributed by atoms with Crippen LogP contribution >= 0.6 is 0 Å². The van der Waals surface area contributed by atoms with E-state index in [1.165, 1.54) is 0 Å². The predicted octanol–water partition coefficient (Wildman–Crippen LogP) is 0.779. The first-order valence-electron chi connectivity index (χ1n) is 5.75. The van der Waals surface area contributed by atoms with Gasteiger partial charge in [-0.1, -0.05) is 0 Å². The van der Waals surface area contributed by atoms with Gasteiger partial charge in [0.2, 0.25) is 0 Å². The van der Waals surface area contributed by atoms with Gasteiger partial charge in [-0.3, -0.25) is 4.68 Å². The molecule has 0 bridgehead atoms. The summed E-state index contributed by atoms with van der Waals surface area (Å²) < 4.78 is 1.77. The van der Waals surface area contributed by atoms with Gasteiger partial charge in [0.15, 0.2) is 0 Å². The van der Waals surface area contributed by atoms with E-state index in [0.717, 1.165) is 18.7 Å². The van der Waals surface area contributed by atoms with Crippen LogP contribution in [0.15, 0.2) is 24.5 Å². The van der Waals surface area contributed by atoms with Crippen LogP contribution in [0.4, 0.5) is 0 Å². The maximum atomic E-state index is 10.9. The average Bonchev–Trinajstić information content (AvgIpc) is 2.93. The fraction of sp³-hybridized carbons (Fsp3) is 0.333. The number of nitrogens with one attached hydrogen (secondary N) is 2. The fourth-order valence-electron chi connectivity index (χ4n) is 1.78. The lowest BCUT2D eigenvalue weighted by Gasteiger charge is -2.03. The molecule has 0 atom stereocenters. The molecule has 0 unspecified atom stereocenters. The first-order chi connectivity index (χ1) is 8.66. The number of aromatic nitrogens is 3. The van der Waals surface area contributed by atoms with Crippen molar-refractivity contribution in [3.8, 4) is 0 Å². The summed E-state index contributed by atoms with van der Waals surface area (Å²) in [7, 11) is 1.88. The normalized spacial score (nSPS) is 10.7. The minimum Gasteiger partial charge on any atom is -0.478 e. The van der Waals surface area contributed by atoms with Gasteiger partial charge in [0, 0.05) is 44.6 Å². The summed E-state index contributed by atoms with van der Waals surface area (Å²) in [6, 6.07) is 3.54. The second-order valence-electron chi connectivity index (χ2n) is 4.08. The molecule has 0 amide bonds. The summed E-state index contributed by atoms with van der Waals surface area (Å²) >= 11 is 0. The molecule has 6 heteroatoms. The van der Waals surface area contributed by atoms with Crippen molar-refractivity contribution in [1.29, 1.82) is 0 Å². The van der Waals surface area contributed by atoms with Crippen molar-refractivity contribution in [2.24, 2.45) is 7.05 Å². The zero-order chi connectivity index (χ0) is 13.0. The van der Waals surface area contributed by atoms with Crippen LogP contribution in [0, 0.1) is 0 Å². The van der Waals surface area contributed by atoms with Crippen molar-refractivity contribution < 1.29 is 9.90 Å². The number of aromatic amines is 1. The molecule has 0 spiro atoms. The number of carboxylic acids is 1. The van der Waals surface area contributed by atoms with Gasteiger partial charge < -0.3 is 15.4 Å². The Kier molecular flexibility index (Phi) is 3.78. The molecule has 0 aliphatic heterocycles. The lowest BCUT2D eigenvalue weighted by Crippen LogP contribution is -2.18. The largest absolute Gasteiger partial charge is 0.478 e. The van der Waals surface area contributed by atoms with E-state index in [0.29, 0.717) is 17.8 Å². The van der Waals surface area contributed by atoms with Crippen LogP contribution in [0.3, 0.4) is 0 Å². The lowest BCUT2D eigenvalue weighted by molar-refractivity contribution is 0.0695. The maximum Gasteiger partial charge on any atom is 0.337 e. The first kappa shape index (κ1) is 12.4. The number of carboxylic acid groups (broad SMARTS) is 1. The predicted molar refractivity (Wildman–Crippen MR) is 66.4 cm³/mol. The van der Waals surface area contributed by atoms with Gasteiger partial charge in [-0.05, 0) is 12.1 Å². The van der Waals surface area contributed by atoms with Crippen molar-refractivity contribution in [3.63, 3.8) is 0 Å². The van der Waals surface area contributed by atoms with E-state index < -0.39 is 5.97 Å². The van der Waals surface area contributed by atoms with E-state index in [9.17, 15) is 4.79 Å². The second kappa shape index (κ2) is 5.50. The molecule has 0 fully saturated rings. The molecule has 2 aromatic rings. The number of aromatic carboxylic acids is 1. The molecule has 2 heterocycles. The van der Waals surface area contributed by atoms with Gasteiger partial charge in [-0.2, -0.15) is 5.10 Å². The molecule has 0 aromatic carbocycles. The van der Waals surface area contributed by atoms with Crippen molar-refractivity contribution in [2.75, 3.05) is 6.54 Å². The first-order valence-corrected chi connectivity index (χ1v) is 5.75. The van der Waals surface area contributed by atoms with Crippen LogP contribution in [0.25, 0.3) is 0 Å². The van der Waals surface area contributed by atoms with Crippen molar-refractivity contribution in [2.45, 2.75) is 13.0 Å². The summed E-state index contributed by atoms with van der Waals surface area (Å²) in [5.41, 5.74) is 2.04. The molecule has 6 nitrogen and oxygen atoms in total. The SMILES string of the molecule is Cn1ccc(CCNCc2[nH]ccc2C(=O)O)n1. The van der Waals surface area contributed by atoms with Gasteiger partial charge in [0.25, 0.3) is 0 Å². The molecule has 0 radical (unpaired) electrons. The molecular weight excluding hydrogens is 232 g/mol. The molecule has 3 N–H and O–H groups in total. The van der Waals surface area contributed by atoms with Crippen molar-refractivity contribution >= 4 is 5.97 Å². The number of carbonyl (C=O) groups is 1. The highest BCUT2D eigenvalue weighted by Gasteiger charge is 2.09. The van der Waals surface area contributed by atoms with Crippen LogP contribution in [-0.2, 0) is 20.0 Å². The highest BCUT2D eigenvalue weighted by molar-refractivity contribution is 5.88. The van der Waals surface area contributed by atoms with E-state index in [2.05, 4.69) is 15.4 Å². The third-order valence-corrected chi connectivity index (χ3v) is 2.69. The van der Waals surface area contributed by atoms with E-state index >= 15 is 0 Å². The van der Waals surface area contributed by atoms with Crippen LogP contribution in [0.1, 0.15) is 21.7 Å². The number of hydrogen-bond acceptors (Lipinski definition) is 3. The molecule has 0 aliphatic rings. The number of hydrogen-bond donors (Lipinski definition) is 3. The molecular formula is C12H16N4O2. The number of rotatable bonds is 6. The number of aryl methyl sites for hydroxylation is 1. The Labute approximate surface area is 105 Å². The van der Waals surface area contributed by atoms with Crippen LogP contribution < -0.4 is 5.32 Å². The van der Waals surface area contributed by atoms with E-state index in [-0.39, 0.29) is 0 Å². The van der Waals surface area contributed by atoms with Crippen LogP contribution in [0.5, 0.6) is 0 Å². The maximum absolute atomic E-state index is 10.9. The molecule has 2 aromatic heterocycles. The Bertz CT molecular complexity index is 530. The van der Waals surface area contributed by atoms with Crippen molar-refractivity contribution in [3.05, 3.63) is 41.5 Å². The minimum absolute atomic E-state index is 0.320. The quantitative estimate of drug-likeness (QED) is 0.660. The zero-order valence-electron chi connectivity index (χ0n) is 10.2. The summed E-state index contributed by atoms with van der Waals surface area (Å²) in [6.45, 7) is 1.27. The Morgan fingerprint density at radius 2 is 2.39 bits per heavy atom. The summed E-state index contributed by atoms with van der Waals surface area (Å²) in [5, 5.41) is 16.4. The number of nitrogens with zero attached hydrogens (tertiary/aromatic N) is 2. The molecule has 0 saturated carbocycles. The fourth-order valence-corrected chi connectivity index (χ4v) is 1.78. The third kappa shape index (κ3) is 2.98. The van der Waals surface area contributed by atoms with E-state index in [4.69, 9.17) is 5.11 Å². The number of H-pyrrole nitrogens is 1. The highest BCUT2D eigenvalue weighted by Crippen LogP contribution is 2.06. The monoisotopic (exact) mass is 248 g/mol. The highest BCUT2D eigenvalue weighted by atomic mass is 16.4. The van der Waals surface area contributed by atoms with Gasteiger partial charge in [-0.15, -0.1) is 0 Å². The van der Waals surface area contributed by atoms with Gasteiger partial charge in [0.1, 0.15) is 0 Å². The smallest absolute Gasteiger partial charge is 0.337 e. The Hall–Kier alpha value is -2.08. The molecule has 2 rings (SSSR count). The average molecular weight is 248 g/mol.